The molecular weight excluding hydrogens is 194 g/mol. The number of carbonyl (C=O) groups excluding carboxylic acids is 1. The van der Waals surface area contributed by atoms with E-state index < -0.39 is 5.91 Å². The molecule has 0 aliphatic rings. The lowest BCUT2D eigenvalue weighted by Crippen LogP contribution is -2.16. The number of para-hydroxylation sites is 1. The summed E-state index contributed by atoms with van der Waals surface area (Å²) in [5.41, 5.74) is 2.65. The zero-order valence-corrected chi connectivity index (χ0v) is 7.84. The Morgan fingerprint density at radius 1 is 1.60 bits per heavy atom. The monoisotopic (exact) mass is 203 g/mol. The number of amides is 1. The zero-order chi connectivity index (χ0) is 11.1. The van der Waals surface area contributed by atoms with Crippen LogP contribution in [0.2, 0.25) is 0 Å². The molecule has 0 radical (unpaired) electrons. The third kappa shape index (κ3) is 3.48. The minimum atomic E-state index is -0.482. The molecule has 0 fully saturated rings. The van der Waals surface area contributed by atoms with Crippen molar-refractivity contribution in [2.75, 3.05) is 0 Å². The van der Waals surface area contributed by atoms with E-state index >= 15 is 0 Å². The number of aromatic hydroxyl groups is 1. The van der Waals surface area contributed by atoms with Crippen LogP contribution in [0.3, 0.4) is 0 Å². The maximum Gasteiger partial charge on any atom is 0.254 e. The molecule has 1 rings (SSSR count). The lowest BCUT2D eigenvalue weighted by atomic mass is 10.2. The van der Waals surface area contributed by atoms with E-state index in [-0.39, 0.29) is 12.2 Å². The Morgan fingerprint density at radius 3 is 3.00 bits per heavy atom. The van der Waals surface area contributed by atoms with Gasteiger partial charge in [-0.3, -0.25) is 4.79 Å². The predicted octanol–water partition coefficient (Wildman–Crippen LogP) is 0.756. The van der Waals surface area contributed by atoms with Gasteiger partial charge in [0.25, 0.3) is 5.91 Å². The van der Waals surface area contributed by atoms with Gasteiger partial charge in [0, 0.05) is 5.56 Å². The molecule has 0 saturated heterocycles. The van der Waals surface area contributed by atoms with Gasteiger partial charge in [-0.2, -0.15) is 10.4 Å². The molecule has 0 bridgehead atoms. The molecule has 76 valence electrons. The van der Waals surface area contributed by atoms with Gasteiger partial charge in [0.05, 0.1) is 12.3 Å². The molecule has 0 aliphatic heterocycles. The quantitative estimate of drug-likeness (QED) is 0.561. The van der Waals surface area contributed by atoms with E-state index in [9.17, 15) is 9.90 Å². The van der Waals surface area contributed by atoms with Crippen LogP contribution in [-0.4, -0.2) is 17.2 Å². The number of benzene rings is 1. The second kappa shape index (κ2) is 5.40. The van der Waals surface area contributed by atoms with E-state index in [1.807, 2.05) is 0 Å². The second-order valence-corrected chi connectivity index (χ2v) is 2.69. The molecule has 0 unspecified atom stereocenters. The van der Waals surface area contributed by atoms with Gasteiger partial charge in [-0.25, -0.2) is 5.43 Å². The summed E-state index contributed by atoms with van der Waals surface area (Å²) < 4.78 is 0. The van der Waals surface area contributed by atoms with E-state index in [2.05, 4.69) is 10.5 Å². The molecule has 1 amide bonds. The van der Waals surface area contributed by atoms with Crippen LogP contribution in [0, 0.1) is 11.3 Å². The van der Waals surface area contributed by atoms with Gasteiger partial charge < -0.3 is 5.11 Å². The van der Waals surface area contributed by atoms with Crippen molar-refractivity contribution >= 4 is 12.1 Å². The molecule has 0 spiro atoms. The lowest BCUT2D eigenvalue weighted by molar-refractivity contribution is -0.120. The van der Waals surface area contributed by atoms with Crippen molar-refractivity contribution in [3.05, 3.63) is 29.8 Å². The van der Waals surface area contributed by atoms with E-state index in [0.29, 0.717) is 5.56 Å². The van der Waals surface area contributed by atoms with Crippen LogP contribution in [0.5, 0.6) is 5.75 Å². The zero-order valence-electron chi connectivity index (χ0n) is 7.84. The molecule has 15 heavy (non-hydrogen) atoms. The van der Waals surface area contributed by atoms with Crippen molar-refractivity contribution in [3.63, 3.8) is 0 Å². The fourth-order valence-corrected chi connectivity index (χ4v) is 0.882. The molecule has 1 aromatic carbocycles. The molecule has 5 heteroatoms. The number of phenols is 1. The third-order valence-electron chi connectivity index (χ3n) is 1.57. The first-order chi connectivity index (χ1) is 7.24. The second-order valence-electron chi connectivity index (χ2n) is 2.69. The molecule has 0 atom stereocenters. The third-order valence-corrected chi connectivity index (χ3v) is 1.57. The summed E-state index contributed by atoms with van der Waals surface area (Å²) in [7, 11) is 0. The normalized spacial score (nSPS) is 9.80. The number of nitrogens with one attached hydrogen (secondary N) is 1. The number of carbonyl (C=O) groups is 1. The van der Waals surface area contributed by atoms with Crippen molar-refractivity contribution in [2.24, 2.45) is 5.10 Å². The van der Waals surface area contributed by atoms with E-state index in [1.54, 1.807) is 24.3 Å². The summed E-state index contributed by atoms with van der Waals surface area (Å²) >= 11 is 0. The van der Waals surface area contributed by atoms with Crippen molar-refractivity contribution < 1.29 is 9.90 Å². The highest BCUT2D eigenvalue weighted by Crippen LogP contribution is 2.12. The van der Waals surface area contributed by atoms with Crippen molar-refractivity contribution in [3.8, 4) is 11.8 Å². The van der Waals surface area contributed by atoms with Gasteiger partial charge in [0.1, 0.15) is 12.2 Å². The number of hydrogen-bond acceptors (Lipinski definition) is 4. The van der Waals surface area contributed by atoms with Crippen LogP contribution in [0.25, 0.3) is 0 Å². The first kappa shape index (κ1) is 10.7. The molecule has 0 aliphatic carbocycles. The topological polar surface area (TPSA) is 85.5 Å². The van der Waals surface area contributed by atoms with E-state index in [4.69, 9.17) is 5.26 Å². The fraction of sp³-hybridized carbons (Fsp3) is 0.100. The first-order valence-corrected chi connectivity index (χ1v) is 4.21. The molecule has 0 aromatic heterocycles. The molecule has 5 nitrogen and oxygen atoms in total. The van der Waals surface area contributed by atoms with Crippen LogP contribution in [0.4, 0.5) is 0 Å². The van der Waals surface area contributed by atoms with Crippen molar-refractivity contribution in [1.82, 2.24) is 5.43 Å². The lowest BCUT2D eigenvalue weighted by Gasteiger charge is -1.96. The van der Waals surface area contributed by atoms with Gasteiger partial charge in [0.15, 0.2) is 0 Å². The Bertz CT molecular complexity index is 421. The number of rotatable bonds is 3. The molecule has 0 saturated carbocycles. The van der Waals surface area contributed by atoms with E-state index in [0.717, 1.165) is 0 Å². The Morgan fingerprint density at radius 2 is 2.33 bits per heavy atom. The Balaban J connectivity index is 2.56. The standard InChI is InChI=1S/C10H9N3O2/c11-6-5-10(15)13-12-7-8-3-1-2-4-9(8)14/h1-4,7,14H,5H2,(H,13,15)/b12-7-. The van der Waals surface area contributed by atoms with Crippen LogP contribution in [-0.2, 0) is 4.79 Å². The number of hydrazone groups is 1. The first-order valence-electron chi connectivity index (χ1n) is 4.21. The number of nitriles is 1. The smallest absolute Gasteiger partial charge is 0.254 e. The van der Waals surface area contributed by atoms with Crippen LogP contribution in [0.1, 0.15) is 12.0 Å². The van der Waals surface area contributed by atoms with Crippen molar-refractivity contribution in [1.29, 1.82) is 5.26 Å². The van der Waals surface area contributed by atoms with Gasteiger partial charge in [-0.1, -0.05) is 12.1 Å². The maximum atomic E-state index is 10.8. The highest BCUT2D eigenvalue weighted by atomic mass is 16.3. The molecular formula is C10H9N3O2. The minimum absolute atomic E-state index is 0.0794. The predicted molar refractivity (Wildman–Crippen MR) is 54.1 cm³/mol. The minimum Gasteiger partial charge on any atom is -0.507 e. The number of phenolic OH excluding ortho intramolecular Hbond substituents is 1. The average molecular weight is 203 g/mol. The summed E-state index contributed by atoms with van der Waals surface area (Å²) in [5.74, 6) is -0.403. The van der Waals surface area contributed by atoms with Gasteiger partial charge in [-0.05, 0) is 12.1 Å². The molecule has 2 N–H and O–H groups in total. The fourth-order valence-electron chi connectivity index (χ4n) is 0.882. The summed E-state index contributed by atoms with van der Waals surface area (Å²) in [4.78, 5) is 10.8. The maximum absolute atomic E-state index is 10.8. The van der Waals surface area contributed by atoms with Gasteiger partial charge in [-0.15, -0.1) is 0 Å². The van der Waals surface area contributed by atoms with Gasteiger partial charge >= 0.3 is 0 Å². The Kier molecular flexibility index (Phi) is 3.86. The summed E-state index contributed by atoms with van der Waals surface area (Å²) in [5, 5.41) is 21.1. The molecule has 0 heterocycles. The van der Waals surface area contributed by atoms with Crippen LogP contribution in [0.15, 0.2) is 29.4 Å². The van der Waals surface area contributed by atoms with Crippen molar-refractivity contribution in [2.45, 2.75) is 6.42 Å². The summed E-state index contributed by atoms with van der Waals surface area (Å²) in [6, 6.07) is 8.27. The van der Waals surface area contributed by atoms with Crippen LogP contribution >= 0.6 is 0 Å². The number of hydrogen-bond donors (Lipinski definition) is 2. The summed E-state index contributed by atoms with van der Waals surface area (Å²) in [6.45, 7) is 0. The van der Waals surface area contributed by atoms with Crippen LogP contribution < -0.4 is 5.43 Å². The van der Waals surface area contributed by atoms with Gasteiger partial charge in [0.2, 0.25) is 0 Å². The number of nitrogens with zero attached hydrogens (tertiary/aromatic N) is 2. The SMILES string of the molecule is N#CCC(=O)N/N=C\c1ccccc1O. The molecule has 1 aromatic rings. The largest absolute Gasteiger partial charge is 0.507 e. The highest BCUT2D eigenvalue weighted by molar-refractivity contribution is 5.85. The Hall–Kier alpha value is -2.35. The Labute approximate surface area is 86.7 Å². The highest BCUT2D eigenvalue weighted by Gasteiger charge is 1.97. The van der Waals surface area contributed by atoms with E-state index in [1.165, 1.54) is 12.3 Å². The summed E-state index contributed by atoms with van der Waals surface area (Å²) in [6.07, 6.45) is 1.07. The average Bonchev–Trinajstić information content (AvgIpc) is 2.21.